The summed E-state index contributed by atoms with van der Waals surface area (Å²) in [6, 6.07) is 15.6. The molecule has 2 heterocycles. The fraction of sp³-hybridized carbons (Fsp3) is 0.370. The van der Waals surface area contributed by atoms with E-state index in [0.717, 1.165) is 53.8 Å². The van der Waals surface area contributed by atoms with E-state index in [9.17, 15) is 4.79 Å². The molecule has 4 rings (SSSR count). The van der Waals surface area contributed by atoms with Gasteiger partial charge in [0.15, 0.2) is 6.10 Å². The Kier molecular flexibility index (Phi) is 7.62. The maximum Gasteiger partial charge on any atom is 0.265 e. The van der Waals surface area contributed by atoms with Crippen LogP contribution >= 0.6 is 0 Å². The number of carbonyl (C=O) groups excluding carboxylic acids is 1. The number of hydrogen-bond acceptors (Lipinski definition) is 5. The molecule has 1 aromatic heterocycles. The van der Waals surface area contributed by atoms with Crippen LogP contribution in [0.5, 0.6) is 5.75 Å². The number of nitrogens with one attached hydrogen (secondary N) is 1. The zero-order chi connectivity index (χ0) is 23.9. The molecule has 0 bridgehead atoms. The van der Waals surface area contributed by atoms with E-state index in [2.05, 4.69) is 34.2 Å². The molecule has 0 radical (unpaired) electrons. The van der Waals surface area contributed by atoms with Gasteiger partial charge in [-0.2, -0.15) is 0 Å². The summed E-state index contributed by atoms with van der Waals surface area (Å²) in [7, 11) is 1.57. The highest BCUT2D eigenvalue weighted by atomic mass is 16.6. The third-order valence-electron chi connectivity index (χ3n) is 5.86. The Labute approximate surface area is 200 Å². The van der Waals surface area contributed by atoms with Crippen molar-refractivity contribution >= 4 is 33.9 Å². The van der Waals surface area contributed by atoms with Gasteiger partial charge in [-0.1, -0.05) is 25.1 Å². The summed E-state index contributed by atoms with van der Waals surface area (Å²) in [6.07, 6.45) is 6.69. The number of piperidine rings is 1. The number of carbonyl (C=O) groups is 1. The van der Waals surface area contributed by atoms with Crippen LogP contribution in [0.25, 0.3) is 10.8 Å². The number of rotatable bonds is 8. The highest BCUT2D eigenvalue weighted by molar-refractivity contribution is 5.99. The molecule has 2 aromatic carbocycles. The zero-order valence-corrected chi connectivity index (χ0v) is 20.0. The van der Waals surface area contributed by atoms with Gasteiger partial charge in [-0.3, -0.25) is 9.78 Å². The van der Waals surface area contributed by atoms with Crippen molar-refractivity contribution in [2.45, 2.75) is 45.6 Å². The van der Waals surface area contributed by atoms with Crippen molar-refractivity contribution in [2.24, 2.45) is 11.1 Å². The van der Waals surface area contributed by atoms with Gasteiger partial charge in [-0.05, 0) is 73.0 Å². The van der Waals surface area contributed by atoms with Crippen molar-refractivity contribution in [3.05, 3.63) is 60.9 Å². The number of anilines is 2. The molecule has 1 N–H and O–H groups in total. The summed E-state index contributed by atoms with van der Waals surface area (Å²) in [6.45, 7) is 5.07. The molecular formula is C27H32N4O3. The Morgan fingerprint density at radius 2 is 1.94 bits per heavy atom. The van der Waals surface area contributed by atoms with Crippen LogP contribution < -0.4 is 15.0 Å². The molecule has 178 valence electrons. The van der Waals surface area contributed by atoms with Crippen molar-refractivity contribution in [3.8, 4) is 5.75 Å². The fourth-order valence-electron chi connectivity index (χ4n) is 4.18. The smallest absolute Gasteiger partial charge is 0.265 e. The Morgan fingerprint density at radius 1 is 1.12 bits per heavy atom. The third kappa shape index (κ3) is 5.84. The minimum absolute atomic E-state index is 0.160. The Hall–Kier alpha value is -3.61. The minimum atomic E-state index is -0.601. The van der Waals surface area contributed by atoms with E-state index in [-0.39, 0.29) is 5.91 Å². The number of hydrogen-bond donors (Lipinski definition) is 1. The van der Waals surface area contributed by atoms with Crippen molar-refractivity contribution in [1.82, 2.24) is 4.98 Å². The molecule has 7 nitrogen and oxygen atoms in total. The molecule has 1 saturated heterocycles. The molecule has 1 aliphatic heterocycles. The lowest BCUT2D eigenvalue weighted by Gasteiger charge is -2.29. The SMILES string of the molecule is CO/N=C1\CCCCN1c1ccc(NC(=O)[C@H](CC(C)C)Oc2ccc3ccncc3c2)cc1. The van der Waals surface area contributed by atoms with Crippen molar-refractivity contribution in [1.29, 1.82) is 0 Å². The number of benzene rings is 2. The number of ether oxygens (including phenoxy) is 1. The summed E-state index contributed by atoms with van der Waals surface area (Å²) in [5.41, 5.74) is 1.77. The number of fused-ring (bicyclic) bond motifs is 1. The molecule has 1 amide bonds. The number of amides is 1. The summed E-state index contributed by atoms with van der Waals surface area (Å²) >= 11 is 0. The summed E-state index contributed by atoms with van der Waals surface area (Å²) in [5, 5.41) is 9.26. The fourth-order valence-corrected chi connectivity index (χ4v) is 4.18. The molecule has 1 atom stereocenters. The van der Waals surface area contributed by atoms with Crippen molar-refractivity contribution in [3.63, 3.8) is 0 Å². The molecule has 0 unspecified atom stereocenters. The lowest BCUT2D eigenvalue weighted by Crippen LogP contribution is -2.35. The molecule has 1 fully saturated rings. The molecule has 0 spiro atoms. The van der Waals surface area contributed by atoms with E-state index in [0.29, 0.717) is 18.1 Å². The Bertz CT molecular complexity index is 1140. The van der Waals surface area contributed by atoms with Crippen LogP contribution in [0.4, 0.5) is 11.4 Å². The third-order valence-corrected chi connectivity index (χ3v) is 5.86. The van der Waals surface area contributed by atoms with Crippen LogP contribution in [0.2, 0.25) is 0 Å². The second-order valence-electron chi connectivity index (χ2n) is 8.96. The number of pyridine rings is 1. The first-order valence-electron chi connectivity index (χ1n) is 11.8. The first-order valence-corrected chi connectivity index (χ1v) is 11.8. The van der Waals surface area contributed by atoms with E-state index in [1.54, 1.807) is 19.5 Å². The van der Waals surface area contributed by atoms with Gasteiger partial charge in [0.05, 0.1) is 0 Å². The standard InChI is InChI=1S/C27H32N4O3/c1-19(2)16-25(34-24-12-7-20-13-14-28-18-21(20)17-24)27(32)29-22-8-10-23(11-9-22)31-15-5-4-6-26(31)30-33-3/h7-14,17-19,25H,4-6,15-16H2,1-3H3,(H,29,32)/b30-26+/t25-/m0/s1. The molecular weight excluding hydrogens is 428 g/mol. The van der Waals surface area contributed by atoms with E-state index in [1.165, 1.54) is 0 Å². The normalized spacial score (nSPS) is 16.0. The molecule has 0 saturated carbocycles. The number of nitrogens with zero attached hydrogens (tertiary/aromatic N) is 3. The second-order valence-corrected chi connectivity index (χ2v) is 8.96. The summed E-state index contributed by atoms with van der Waals surface area (Å²) in [5.74, 6) is 1.73. The van der Waals surface area contributed by atoms with Crippen LogP contribution in [0.15, 0.2) is 66.1 Å². The van der Waals surface area contributed by atoms with Gasteiger partial charge in [0, 0.05) is 42.1 Å². The first kappa shape index (κ1) is 23.5. The second kappa shape index (κ2) is 11.0. The topological polar surface area (TPSA) is 76.0 Å². The molecule has 7 heteroatoms. The van der Waals surface area contributed by atoms with E-state index >= 15 is 0 Å². The summed E-state index contributed by atoms with van der Waals surface area (Å²) in [4.78, 5) is 24.5. The molecule has 1 aliphatic rings. The maximum atomic E-state index is 13.1. The highest BCUT2D eigenvalue weighted by Gasteiger charge is 2.23. The van der Waals surface area contributed by atoms with E-state index in [4.69, 9.17) is 9.57 Å². The predicted octanol–water partition coefficient (Wildman–Crippen LogP) is 5.62. The number of aromatic nitrogens is 1. The minimum Gasteiger partial charge on any atom is -0.481 e. The first-order chi connectivity index (χ1) is 16.5. The van der Waals surface area contributed by atoms with E-state index in [1.807, 2.05) is 48.5 Å². The maximum absolute atomic E-state index is 13.1. The Balaban J connectivity index is 1.46. The molecule has 3 aromatic rings. The Morgan fingerprint density at radius 3 is 2.71 bits per heavy atom. The van der Waals surface area contributed by atoms with Gasteiger partial charge in [-0.25, -0.2) is 0 Å². The lowest BCUT2D eigenvalue weighted by atomic mass is 10.0. The van der Waals surface area contributed by atoms with Gasteiger partial charge < -0.3 is 19.8 Å². The average molecular weight is 461 g/mol. The van der Waals surface area contributed by atoms with Gasteiger partial charge in [-0.15, -0.1) is 0 Å². The van der Waals surface area contributed by atoms with Crippen LogP contribution in [0, 0.1) is 5.92 Å². The highest BCUT2D eigenvalue weighted by Crippen LogP contribution is 2.25. The largest absolute Gasteiger partial charge is 0.481 e. The van der Waals surface area contributed by atoms with Crippen LogP contribution in [0.1, 0.15) is 39.5 Å². The number of oxime groups is 1. The number of amidine groups is 1. The van der Waals surface area contributed by atoms with Crippen molar-refractivity contribution < 1.29 is 14.4 Å². The van der Waals surface area contributed by atoms with Gasteiger partial charge in [0.1, 0.15) is 18.7 Å². The van der Waals surface area contributed by atoms with Gasteiger partial charge >= 0.3 is 0 Å². The monoisotopic (exact) mass is 460 g/mol. The van der Waals surface area contributed by atoms with Crippen LogP contribution in [-0.4, -0.2) is 36.5 Å². The van der Waals surface area contributed by atoms with Crippen LogP contribution in [0.3, 0.4) is 0 Å². The van der Waals surface area contributed by atoms with Gasteiger partial charge in [0.2, 0.25) is 0 Å². The molecule has 34 heavy (non-hydrogen) atoms. The van der Waals surface area contributed by atoms with Crippen LogP contribution in [-0.2, 0) is 9.63 Å². The van der Waals surface area contributed by atoms with Gasteiger partial charge in [0.25, 0.3) is 5.91 Å². The summed E-state index contributed by atoms with van der Waals surface area (Å²) < 4.78 is 6.15. The molecule has 0 aliphatic carbocycles. The van der Waals surface area contributed by atoms with Crippen molar-refractivity contribution in [2.75, 3.05) is 23.9 Å². The predicted molar refractivity (Wildman–Crippen MR) is 136 cm³/mol. The average Bonchev–Trinajstić information content (AvgIpc) is 2.84. The lowest BCUT2D eigenvalue weighted by molar-refractivity contribution is -0.123. The quantitative estimate of drug-likeness (QED) is 0.442. The zero-order valence-electron chi connectivity index (χ0n) is 20.0. The van der Waals surface area contributed by atoms with E-state index < -0.39 is 6.10 Å².